The first-order valence-electron chi connectivity index (χ1n) is 7.77. The van der Waals surface area contributed by atoms with Crippen LogP contribution in [0.2, 0.25) is 0 Å². The average molecular weight is 326 g/mol. The molecule has 0 aromatic heterocycles. The van der Waals surface area contributed by atoms with Crippen molar-refractivity contribution in [2.75, 3.05) is 20.8 Å². The quantitative estimate of drug-likeness (QED) is 0.753. The molecule has 0 bridgehead atoms. The third-order valence-electron chi connectivity index (χ3n) is 3.75. The molecule has 4 heteroatoms. The maximum Gasteiger partial charge on any atom is 0.163 e. The number of ketones is 1. The number of hydrogen-bond acceptors (Lipinski definition) is 4. The Hall–Kier alpha value is -2.59. The topological polar surface area (TPSA) is 55.8 Å². The van der Waals surface area contributed by atoms with E-state index in [9.17, 15) is 9.90 Å². The van der Waals surface area contributed by atoms with Gasteiger partial charge in [-0.1, -0.05) is 48.6 Å². The van der Waals surface area contributed by atoms with Gasteiger partial charge in [-0.05, 0) is 17.7 Å². The molecular weight excluding hydrogens is 304 g/mol. The van der Waals surface area contributed by atoms with Crippen molar-refractivity contribution in [1.82, 2.24) is 0 Å². The largest absolute Gasteiger partial charge is 0.493 e. The third kappa shape index (κ3) is 4.70. The monoisotopic (exact) mass is 326 g/mol. The van der Waals surface area contributed by atoms with E-state index in [2.05, 4.69) is 0 Å². The fourth-order valence-electron chi connectivity index (χ4n) is 2.38. The molecule has 0 spiro atoms. The summed E-state index contributed by atoms with van der Waals surface area (Å²) in [5, 5.41) is 9.53. The zero-order chi connectivity index (χ0) is 17.4. The first-order chi connectivity index (χ1) is 11.7. The summed E-state index contributed by atoms with van der Waals surface area (Å²) in [6.07, 6.45) is 3.99. The van der Waals surface area contributed by atoms with Crippen molar-refractivity contribution in [2.45, 2.75) is 6.42 Å². The Morgan fingerprint density at radius 3 is 2.42 bits per heavy atom. The van der Waals surface area contributed by atoms with Crippen molar-refractivity contribution >= 4 is 11.9 Å². The van der Waals surface area contributed by atoms with Crippen molar-refractivity contribution in [3.05, 3.63) is 65.7 Å². The molecule has 24 heavy (non-hydrogen) atoms. The molecule has 1 N–H and O–H groups in total. The number of carbonyl (C=O) groups is 1. The summed E-state index contributed by atoms with van der Waals surface area (Å²) in [5.41, 5.74) is 1.58. The lowest BCUT2D eigenvalue weighted by Gasteiger charge is -2.10. The highest BCUT2D eigenvalue weighted by atomic mass is 16.5. The minimum Gasteiger partial charge on any atom is -0.493 e. The fraction of sp³-hybridized carbons (Fsp3) is 0.250. The minimum atomic E-state index is -0.231. The Balaban J connectivity index is 2.07. The normalized spacial score (nSPS) is 12.1. The maximum absolute atomic E-state index is 12.2. The smallest absolute Gasteiger partial charge is 0.163 e. The van der Waals surface area contributed by atoms with Crippen molar-refractivity contribution < 1.29 is 19.4 Å². The second-order valence-electron chi connectivity index (χ2n) is 5.41. The van der Waals surface area contributed by atoms with Crippen LogP contribution in [0, 0.1) is 5.92 Å². The number of aliphatic hydroxyl groups excluding tert-OH is 1. The van der Waals surface area contributed by atoms with E-state index in [1.807, 2.05) is 48.6 Å². The van der Waals surface area contributed by atoms with E-state index in [-0.39, 0.29) is 24.7 Å². The second kappa shape index (κ2) is 8.89. The van der Waals surface area contributed by atoms with Gasteiger partial charge in [0.2, 0.25) is 0 Å². The van der Waals surface area contributed by atoms with E-state index in [4.69, 9.17) is 9.47 Å². The molecule has 126 valence electrons. The van der Waals surface area contributed by atoms with Crippen LogP contribution in [-0.2, 0) is 0 Å². The number of methoxy groups -OCH3 is 2. The van der Waals surface area contributed by atoms with Crippen LogP contribution in [0.25, 0.3) is 6.08 Å². The minimum absolute atomic E-state index is 0.0200. The van der Waals surface area contributed by atoms with Crippen LogP contribution in [0.15, 0.2) is 54.6 Å². The van der Waals surface area contributed by atoms with Crippen LogP contribution in [0.1, 0.15) is 22.3 Å². The van der Waals surface area contributed by atoms with Gasteiger partial charge in [-0.2, -0.15) is 0 Å². The van der Waals surface area contributed by atoms with Gasteiger partial charge in [0.1, 0.15) is 0 Å². The molecule has 2 aromatic carbocycles. The molecule has 0 unspecified atom stereocenters. The third-order valence-corrected chi connectivity index (χ3v) is 3.75. The molecule has 0 saturated heterocycles. The summed E-state index contributed by atoms with van der Waals surface area (Å²) < 4.78 is 10.5. The van der Waals surface area contributed by atoms with E-state index in [0.29, 0.717) is 17.1 Å². The second-order valence-corrected chi connectivity index (χ2v) is 5.41. The van der Waals surface area contributed by atoms with E-state index >= 15 is 0 Å². The summed E-state index contributed by atoms with van der Waals surface area (Å²) in [5.74, 6) is 1.09. The number of Topliss-reactive ketones (excluding diaryl/α,β-unsaturated/α-hetero) is 1. The molecule has 0 aliphatic rings. The van der Waals surface area contributed by atoms with E-state index in [0.717, 1.165) is 5.56 Å². The Kier molecular flexibility index (Phi) is 6.58. The van der Waals surface area contributed by atoms with Gasteiger partial charge in [0, 0.05) is 24.5 Å². The van der Waals surface area contributed by atoms with Crippen LogP contribution in [0.5, 0.6) is 11.5 Å². The number of carbonyl (C=O) groups excluding carboxylic acids is 1. The van der Waals surface area contributed by atoms with Gasteiger partial charge in [0.25, 0.3) is 0 Å². The van der Waals surface area contributed by atoms with Gasteiger partial charge in [-0.3, -0.25) is 4.79 Å². The predicted molar refractivity (Wildman–Crippen MR) is 94.5 cm³/mol. The molecular formula is C20H22O4. The zero-order valence-corrected chi connectivity index (χ0v) is 13.9. The summed E-state index contributed by atoms with van der Waals surface area (Å²) in [4.78, 5) is 12.2. The van der Waals surface area contributed by atoms with E-state index in [1.54, 1.807) is 26.4 Å². The highest BCUT2D eigenvalue weighted by Crippen LogP contribution is 2.28. The number of hydrogen-bond donors (Lipinski definition) is 1. The maximum atomic E-state index is 12.2. The molecule has 2 rings (SSSR count). The molecule has 0 saturated carbocycles. The van der Waals surface area contributed by atoms with Crippen molar-refractivity contribution in [1.29, 1.82) is 0 Å². The predicted octanol–water partition coefficient (Wildman–Crippen LogP) is 3.60. The van der Waals surface area contributed by atoms with Crippen molar-refractivity contribution in [2.24, 2.45) is 5.92 Å². The zero-order valence-electron chi connectivity index (χ0n) is 13.9. The van der Waals surface area contributed by atoms with Gasteiger partial charge in [0.05, 0.1) is 14.2 Å². The van der Waals surface area contributed by atoms with Crippen LogP contribution >= 0.6 is 0 Å². The van der Waals surface area contributed by atoms with Gasteiger partial charge in [0.15, 0.2) is 17.3 Å². The van der Waals surface area contributed by atoms with Gasteiger partial charge >= 0.3 is 0 Å². The summed E-state index contributed by atoms with van der Waals surface area (Å²) in [7, 11) is 3.17. The molecule has 0 fully saturated rings. The van der Waals surface area contributed by atoms with E-state index in [1.165, 1.54) is 0 Å². The van der Waals surface area contributed by atoms with Gasteiger partial charge in [-0.25, -0.2) is 0 Å². The van der Waals surface area contributed by atoms with Crippen molar-refractivity contribution in [3.63, 3.8) is 0 Å². The Labute approximate surface area is 142 Å². The first kappa shape index (κ1) is 17.8. The molecule has 0 aliphatic carbocycles. The van der Waals surface area contributed by atoms with Gasteiger partial charge < -0.3 is 14.6 Å². The summed E-state index contributed by atoms with van der Waals surface area (Å²) in [6, 6.07) is 14.7. The van der Waals surface area contributed by atoms with Gasteiger partial charge in [-0.15, -0.1) is 0 Å². The summed E-state index contributed by atoms with van der Waals surface area (Å²) in [6.45, 7) is -0.0810. The Morgan fingerprint density at radius 1 is 1.08 bits per heavy atom. The Bertz CT molecular complexity index is 692. The number of rotatable bonds is 8. The molecule has 1 atom stereocenters. The molecule has 4 nitrogen and oxygen atoms in total. The number of ether oxygens (including phenoxy) is 2. The van der Waals surface area contributed by atoms with Crippen molar-refractivity contribution in [3.8, 4) is 11.5 Å². The first-order valence-corrected chi connectivity index (χ1v) is 7.77. The Morgan fingerprint density at radius 2 is 1.79 bits per heavy atom. The molecule has 2 aromatic rings. The highest BCUT2D eigenvalue weighted by Gasteiger charge is 2.12. The SMILES string of the molecule is COc1ccc(/C=C/[C@@H](CO)CC(=O)c2ccccc2)cc1OC. The van der Waals surface area contributed by atoms with Crippen LogP contribution in [-0.4, -0.2) is 31.7 Å². The lowest BCUT2D eigenvalue weighted by Crippen LogP contribution is -2.10. The fourth-order valence-corrected chi connectivity index (χ4v) is 2.38. The van der Waals surface area contributed by atoms with Crippen LogP contribution in [0.4, 0.5) is 0 Å². The number of benzene rings is 2. The molecule has 0 aliphatic heterocycles. The molecule has 0 heterocycles. The van der Waals surface area contributed by atoms with Crippen LogP contribution in [0.3, 0.4) is 0 Å². The average Bonchev–Trinajstić information content (AvgIpc) is 2.65. The van der Waals surface area contributed by atoms with Crippen LogP contribution < -0.4 is 9.47 Å². The lowest BCUT2D eigenvalue weighted by molar-refractivity contribution is 0.0952. The molecule has 0 amide bonds. The summed E-state index contributed by atoms with van der Waals surface area (Å²) >= 11 is 0. The van der Waals surface area contributed by atoms with E-state index < -0.39 is 0 Å². The number of aliphatic hydroxyl groups is 1. The lowest BCUT2D eigenvalue weighted by atomic mass is 9.97. The highest BCUT2D eigenvalue weighted by molar-refractivity contribution is 5.96. The standard InChI is InChI=1S/C20H22O4/c1-23-19-11-10-15(13-20(19)24-2)8-9-16(14-21)12-18(22)17-6-4-3-5-7-17/h3-11,13,16,21H,12,14H2,1-2H3/b9-8+/t16-/m1/s1. The molecule has 0 radical (unpaired) electrons.